The molecule has 0 unspecified atom stereocenters. The first kappa shape index (κ1) is 19.6. The molecule has 2 heterocycles. The molecule has 1 atom stereocenters. The summed E-state index contributed by atoms with van der Waals surface area (Å²) >= 11 is 7.16. The highest BCUT2D eigenvalue weighted by Crippen LogP contribution is 2.26. The van der Waals surface area contributed by atoms with E-state index < -0.39 is 6.04 Å². The molecular weight excluding hydrogens is 388 g/mol. The third kappa shape index (κ3) is 4.59. The Balaban J connectivity index is 1.71. The topological polar surface area (TPSA) is 68.7 Å². The number of carbonyl (C=O) groups excluding carboxylic acids is 2. The first-order valence-electron chi connectivity index (χ1n) is 8.73. The van der Waals surface area contributed by atoms with E-state index in [1.807, 2.05) is 0 Å². The Kier molecular flexibility index (Phi) is 6.34. The molecule has 27 heavy (non-hydrogen) atoms. The van der Waals surface area contributed by atoms with Gasteiger partial charge in [-0.2, -0.15) is 0 Å². The van der Waals surface area contributed by atoms with Crippen LogP contribution in [0.3, 0.4) is 0 Å². The molecule has 0 saturated carbocycles. The molecule has 144 valence electrons. The summed E-state index contributed by atoms with van der Waals surface area (Å²) in [7, 11) is 1.35. The zero-order chi connectivity index (χ0) is 19.4. The Morgan fingerprint density at radius 1 is 1.30 bits per heavy atom. The van der Waals surface area contributed by atoms with Crippen LogP contribution in [-0.2, 0) is 16.1 Å². The minimum Gasteiger partial charge on any atom is -0.486 e. The molecule has 6 nitrogen and oxygen atoms in total. The summed E-state index contributed by atoms with van der Waals surface area (Å²) < 4.78 is 10.6. The number of hydrogen-bond acceptors (Lipinski definition) is 6. The van der Waals surface area contributed by atoms with Crippen LogP contribution in [0.2, 0.25) is 5.02 Å². The van der Waals surface area contributed by atoms with Crippen LogP contribution in [0.4, 0.5) is 0 Å². The van der Waals surface area contributed by atoms with Crippen LogP contribution in [0.15, 0.2) is 24.3 Å². The third-order valence-electron chi connectivity index (χ3n) is 4.45. The Morgan fingerprint density at radius 2 is 2.04 bits per heavy atom. The monoisotopic (exact) mass is 408 g/mol. The van der Waals surface area contributed by atoms with Gasteiger partial charge in [0.1, 0.15) is 28.3 Å². The lowest BCUT2D eigenvalue weighted by Crippen LogP contribution is -2.48. The van der Waals surface area contributed by atoms with E-state index >= 15 is 0 Å². The average Bonchev–Trinajstić information content (AvgIpc) is 3.07. The minimum atomic E-state index is -0.522. The number of methoxy groups -OCH3 is 1. The maximum atomic E-state index is 13.0. The Bertz CT molecular complexity index is 822. The lowest BCUT2D eigenvalue weighted by Gasteiger charge is -2.33. The van der Waals surface area contributed by atoms with E-state index in [1.54, 1.807) is 36.1 Å². The van der Waals surface area contributed by atoms with Gasteiger partial charge in [0, 0.05) is 11.6 Å². The van der Waals surface area contributed by atoms with Crippen molar-refractivity contribution in [3.63, 3.8) is 0 Å². The van der Waals surface area contributed by atoms with Crippen molar-refractivity contribution < 1.29 is 19.1 Å². The van der Waals surface area contributed by atoms with Gasteiger partial charge in [-0.25, -0.2) is 9.78 Å². The molecule has 8 heteroatoms. The number of amides is 1. The maximum Gasteiger partial charge on any atom is 0.328 e. The van der Waals surface area contributed by atoms with Gasteiger partial charge in [-0.3, -0.25) is 4.79 Å². The zero-order valence-corrected chi connectivity index (χ0v) is 16.8. The van der Waals surface area contributed by atoms with Crippen molar-refractivity contribution in [2.75, 3.05) is 13.7 Å². The highest BCUT2D eigenvalue weighted by atomic mass is 35.5. The molecule has 3 rings (SSSR count). The fourth-order valence-corrected chi connectivity index (χ4v) is 4.13. The number of carbonyl (C=O) groups is 2. The Morgan fingerprint density at radius 3 is 2.74 bits per heavy atom. The molecule has 1 aromatic heterocycles. The van der Waals surface area contributed by atoms with Gasteiger partial charge in [0.05, 0.1) is 12.8 Å². The maximum absolute atomic E-state index is 13.0. The smallest absolute Gasteiger partial charge is 0.328 e. The second-order valence-electron chi connectivity index (χ2n) is 6.30. The summed E-state index contributed by atoms with van der Waals surface area (Å²) in [5.74, 6) is 0.149. The van der Waals surface area contributed by atoms with Gasteiger partial charge in [0.15, 0.2) is 0 Å². The summed E-state index contributed by atoms with van der Waals surface area (Å²) in [5.41, 5.74) is 0.647. The van der Waals surface area contributed by atoms with E-state index in [-0.39, 0.29) is 18.5 Å². The minimum absolute atomic E-state index is 0.169. The van der Waals surface area contributed by atoms with E-state index in [1.165, 1.54) is 18.4 Å². The van der Waals surface area contributed by atoms with Gasteiger partial charge in [-0.1, -0.05) is 11.6 Å². The van der Waals surface area contributed by atoms with Gasteiger partial charge in [-0.05, 0) is 50.5 Å². The summed E-state index contributed by atoms with van der Waals surface area (Å²) in [6, 6.07) is 6.55. The number of aryl methyl sites for hydroxylation is 1. The van der Waals surface area contributed by atoms with Crippen LogP contribution < -0.4 is 4.74 Å². The molecule has 1 fully saturated rings. The van der Waals surface area contributed by atoms with Gasteiger partial charge < -0.3 is 14.4 Å². The number of thiazole rings is 1. The van der Waals surface area contributed by atoms with Crippen LogP contribution in [0, 0.1) is 6.92 Å². The zero-order valence-electron chi connectivity index (χ0n) is 15.2. The molecule has 1 aliphatic rings. The molecule has 2 aromatic rings. The van der Waals surface area contributed by atoms with Crippen LogP contribution >= 0.6 is 22.9 Å². The van der Waals surface area contributed by atoms with Crippen molar-refractivity contribution in [1.82, 2.24) is 9.88 Å². The number of nitrogens with zero attached hydrogens (tertiary/aromatic N) is 2. The predicted molar refractivity (Wildman–Crippen MR) is 103 cm³/mol. The molecule has 1 saturated heterocycles. The van der Waals surface area contributed by atoms with Gasteiger partial charge >= 0.3 is 5.97 Å². The number of benzene rings is 1. The van der Waals surface area contributed by atoms with Gasteiger partial charge in [0.25, 0.3) is 5.91 Å². The number of likely N-dealkylation sites (tertiary alicyclic amines) is 1. The summed E-state index contributed by atoms with van der Waals surface area (Å²) in [6.07, 6.45) is 2.41. The number of ether oxygens (including phenoxy) is 2. The molecule has 0 aliphatic carbocycles. The van der Waals surface area contributed by atoms with Gasteiger partial charge in [0.2, 0.25) is 0 Å². The molecule has 1 aliphatic heterocycles. The van der Waals surface area contributed by atoms with E-state index in [0.717, 1.165) is 12.8 Å². The molecule has 0 bridgehead atoms. The third-order valence-corrected chi connectivity index (χ3v) is 5.82. The lowest BCUT2D eigenvalue weighted by atomic mass is 10.0. The van der Waals surface area contributed by atoms with E-state index in [4.69, 9.17) is 21.1 Å². The van der Waals surface area contributed by atoms with Crippen molar-refractivity contribution in [1.29, 1.82) is 0 Å². The second kappa shape index (κ2) is 8.71. The standard InChI is InChI=1S/C19H21ClN2O4S/c1-12-17(18(23)22-10-4-3-5-15(22)19(24)25-2)27-16(21-12)11-26-14-8-6-13(20)7-9-14/h6-9,15H,3-5,10-11H2,1-2H3/t15-/m0/s1. The highest BCUT2D eigenvalue weighted by Gasteiger charge is 2.34. The molecule has 1 aromatic carbocycles. The van der Waals surface area contributed by atoms with Crippen LogP contribution in [0.1, 0.15) is 39.6 Å². The van der Waals surface area contributed by atoms with Crippen molar-refractivity contribution in [3.8, 4) is 5.75 Å². The van der Waals surface area contributed by atoms with Crippen LogP contribution in [0.5, 0.6) is 5.75 Å². The van der Waals surface area contributed by atoms with Crippen molar-refractivity contribution in [2.24, 2.45) is 0 Å². The van der Waals surface area contributed by atoms with Crippen molar-refractivity contribution in [2.45, 2.75) is 38.8 Å². The lowest BCUT2D eigenvalue weighted by molar-refractivity contribution is -0.147. The molecule has 1 amide bonds. The molecule has 0 spiro atoms. The largest absolute Gasteiger partial charge is 0.486 e. The number of hydrogen-bond donors (Lipinski definition) is 0. The second-order valence-corrected chi connectivity index (χ2v) is 7.82. The summed E-state index contributed by atoms with van der Waals surface area (Å²) in [5, 5.41) is 1.35. The Labute approximate surface area is 167 Å². The number of esters is 1. The number of rotatable bonds is 5. The summed E-state index contributed by atoms with van der Waals surface area (Å²) in [4.78, 5) is 31.6. The fourth-order valence-electron chi connectivity index (χ4n) is 3.07. The SMILES string of the molecule is COC(=O)[C@@H]1CCCCN1C(=O)c1sc(COc2ccc(Cl)cc2)nc1C. The molecule has 0 N–H and O–H groups in total. The quantitative estimate of drug-likeness (QED) is 0.703. The van der Waals surface area contributed by atoms with E-state index in [2.05, 4.69) is 4.98 Å². The number of piperidine rings is 1. The normalized spacial score (nSPS) is 16.9. The fraction of sp³-hybridized carbons (Fsp3) is 0.421. The first-order valence-corrected chi connectivity index (χ1v) is 9.92. The van der Waals surface area contributed by atoms with E-state index in [9.17, 15) is 9.59 Å². The number of aromatic nitrogens is 1. The van der Waals surface area contributed by atoms with Crippen LogP contribution in [-0.4, -0.2) is 41.5 Å². The van der Waals surface area contributed by atoms with Crippen molar-refractivity contribution in [3.05, 3.63) is 44.9 Å². The Hall–Kier alpha value is -2.12. The number of halogens is 1. The summed E-state index contributed by atoms with van der Waals surface area (Å²) in [6.45, 7) is 2.61. The molecular formula is C19H21ClN2O4S. The van der Waals surface area contributed by atoms with Crippen LogP contribution in [0.25, 0.3) is 0 Å². The first-order chi connectivity index (χ1) is 13.0. The van der Waals surface area contributed by atoms with Gasteiger partial charge in [-0.15, -0.1) is 11.3 Å². The predicted octanol–water partition coefficient (Wildman–Crippen LogP) is 3.85. The average molecular weight is 409 g/mol. The highest BCUT2D eigenvalue weighted by molar-refractivity contribution is 7.13. The van der Waals surface area contributed by atoms with Crippen molar-refractivity contribution >= 4 is 34.8 Å². The van der Waals surface area contributed by atoms with E-state index in [0.29, 0.717) is 39.3 Å². The molecule has 0 radical (unpaired) electrons.